The molecule has 157 valence electrons. The molecule has 0 aliphatic rings. The maximum absolute atomic E-state index is 13.1. The van der Waals surface area contributed by atoms with Crippen molar-refractivity contribution in [3.8, 4) is 22.2 Å². The molecule has 0 saturated carbocycles. The van der Waals surface area contributed by atoms with Gasteiger partial charge in [0.1, 0.15) is 5.75 Å². The number of halogens is 3. The van der Waals surface area contributed by atoms with Crippen molar-refractivity contribution in [2.75, 3.05) is 0 Å². The zero-order chi connectivity index (χ0) is 20.7. The molecule has 0 amide bonds. The number of ether oxygens (including phenoxy) is 1. The van der Waals surface area contributed by atoms with Crippen molar-refractivity contribution in [2.45, 2.75) is 6.18 Å². The van der Waals surface area contributed by atoms with Crippen LogP contribution in [0.5, 0.6) is 11.6 Å². The standard InChI is InChI=1S/C23H12F3N2OS.Ir/c24-23(25,26)16-7-3-8-17(13-16)29-22-19-12-15-6-2-1-5-14(15)11-18(19)21(27-28-22)20-9-4-10-30-20;/h1-8,10-13H;/q-1;. The zero-order valence-electron chi connectivity index (χ0n) is 15.6. The number of nitrogens with zero attached hydrogens (tertiary/aromatic N) is 2. The predicted molar refractivity (Wildman–Crippen MR) is 111 cm³/mol. The summed E-state index contributed by atoms with van der Waals surface area (Å²) in [4.78, 5) is 0.827. The average molecular weight is 614 g/mol. The van der Waals surface area contributed by atoms with E-state index in [1.807, 2.05) is 47.8 Å². The predicted octanol–water partition coefficient (Wildman–Crippen LogP) is 7.12. The molecule has 0 fully saturated rings. The fourth-order valence-corrected chi connectivity index (χ4v) is 3.95. The molecule has 3 nitrogen and oxygen atoms in total. The molecule has 1 radical (unpaired) electrons. The molecule has 2 aromatic heterocycles. The number of aromatic nitrogens is 2. The smallest absolute Gasteiger partial charge is 0.416 e. The monoisotopic (exact) mass is 614 g/mol. The van der Waals surface area contributed by atoms with Gasteiger partial charge in [-0.25, -0.2) is 16.4 Å². The molecule has 0 spiro atoms. The summed E-state index contributed by atoms with van der Waals surface area (Å²) in [5, 5.41) is 13.8. The maximum Gasteiger partial charge on any atom is 0.416 e. The summed E-state index contributed by atoms with van der Waals surface area (Å²) in [5.41, 5.74) is -0.130. The number of thiophene rings is 1. The summed E-state index contributed by atoms with van der Waals surface area (Å²) < 4.78 is 44.9. The molecule has 0 aliphatic carbocycles. The van der Waals surface area contributed by atoms with Crippen LogP contribution in [0.1, 0.15) is 5.56 Å². The van der Waals surface area contributed by atoms with E-state index in [9.17, 15) is 13.2 Å². The molecule has 0 unspecified atom stereocenters. The van der Waals surface area contributed by atoms with E-state index in [-0.39, 0.29) is 31.7 Å². The van der Waals surface area contributed by atoms with Crippen molar-refractivity contribution in [1.29, 1.82) is 0 Å². The third-order valence-electron chi connectivity index (χ3n) is 4.67. The van der Waals surface area contributed by atoms with Crippen LogP contribution in [0.25, 0.3) is 32.1 Å². The topological polar surface area (TPSA) is 35.0 Å². The van der Waals surface area contributed by atoms with Gasteiger partial charge in [0.2, 0.25) is 5.88 Å². The van der Waals surface area contributed by atoms with Gasteiger partial charge in [0.25, 0.3) is 0 Å². The van der Waals surface area contributed by atoms with Crippen LogP contribution in [0.15, 0.2) is 72.1 Å². The van der Waals surface area contributed by atoms with E-state index in [4.69, 9.17) is 4.74 Å². The number of hydrogen-bond acceptors (Lipinski definition) is 4. The van der Waals surface area contributed by atoms with Gasteiger partial charge in [-0.15, -0.1) is 10.5 Å². The fourth-order valence-electron chi connectivity index (χ4n) is 3.28. The second kappa shape index (κ2) is 8.38. The first-order valence-electron chi connectivity index (χ1n) is 8.99. The molecular formula is C23H12F3IrN2OS-. The first-order chi connectivity index (χ1) is 14.5. The van der Waals surface area contributed by atoms with Crippen LogP contribution in [-0.4, -0.2) is 10.2 Å². The van der Waals surface area contributed by atoms with E-state index in [1.54, 1.807) is 0 Å². The normalized spacial score (nSPS) is 11.5. The molecule has 2 heterocycles. The molecule has 0 saturated heterocycles. The summed E-state index contributed by atoms with van der Waals surface area (Å²) in [6.07, 6.45) is -4.46. The van der Waals surface area contributed by atoms with Gasteiger partial charge in [0.05, 0.1) is 5.56 Å². The summed E-state index contributed by atoms with van der Waals surface area (Å²) in [5.74, 6) is 0.194. The van der Waals surface area contributed by atoms with E-state index in [2.05, 4.69) is 16.3 Å². The van der Waals surface area contributed by atoms with Crippen LogP contribution in [0.3, 0.4) is 0 Å². The van der Waals surface area contributed by atoms with Gasteiger partial charge in [0, 0.05) is 31.2 Å². The third kappa shape index (κ3) is 4.19. The van der Waals surface area contributed by atoms with Crippen LogP contribution in [0, 0.1) is 6.07 Å². The molecule has 5 aromatic rings. The Kier molecular flexibility index (Phi) is 5.79. The number of hydrogen-bond donors (Lipinski definition) is 0. The third-order valence-corrected chi connectivity index (χ3v) is 5.49. The van der Waals surface area contributed by atoms with Crippen molar-refractivity contribution in [2.24, 2.45) is 0 Å². The van der Waals surface area contributed by atoms with Gasteiger partial charge in [-0.2, -0.15) is 25.3 Å². The molecule has 8 heteroatoms. The number of benzene rings is 3. The minimum atomic E-state index is -4.46. The minimum absolute atomic E-state index is 0. The van der Waals surface area contributed by atoms with Crippen LogP contribution in [-0.2, 0) is 26.3 Å². The van der Waals surface area contributed by atoms with E-state index in [0.717, 1.165) is 33.2 Å². The second-order valence-electron chi connectivity index (χ2n) is 6.62. The fraction of sp³-hybridized carbons (Fsp3) is 0.0435. The van der Waals surface area contributed by atoms with Gasteiger partial charge in [-0.05, 0) is 40.4 Å². The van der Waals surface area contributed by atoms with Gasteiger partial charge in [-0.3, -0.25) is 0 Å². The van der Waals surface area contributed by atoms with Gasteiger partial charge in [-0.1, -0.05) is 41.3 Å². The molecule has 5 rings (SSSR count). The van der Waals surface area contributed by atoms with Crippen molar-refractivity contribution in [3.63, 3.8) is 0 Å². The molecule has 0 atom stereocenters. The Bertz CT molecular complexity index is 1370. The Hall–Kier alpha value is -2.80. The number of fused-ring (bicyclic) bond motifs is 2. The molecule has 31 heavy (non-hydrogen) atoms. The van der Waals surface area contributed by atoms with Crippen molar-refractivity contribution >= 4 is 32.9 Å². The van der Waals surface area contributed by atoms with Crippen molar-refractivity contribution < 1.29 is 38.0 Å². The Morgan fingerprint density at radius 3 is 2.29 bits per heavy atom. The van der Waals surface area contributed by atoms with E-state index >= 15 is 0 Å². The average Bonchev–Trinajstić information content (AvgIpc) is 3.27. The van der Waals surface area contributed by atoms with E-state index < -0.39 is 11.7 Å². The maximum atomic E-state index is 13.1. The Morgan fingerprint density at radius 1 is 0.871 bits per heavy atom. The van der Waals surface area contributed by atoms with E-state index in [1.165, 1.54) is 23.5 Å². The molecular weight excluding hydrogens is 602 g/mol. The Balaban J connectivity index is 0.00000231. The minimum Gasteiger partial charge on any atom is -0.437 e. The zero-order valence-corrected chi connectivity index (χ0v) is 18.8. The summed E-state index contributed by atoms with van der Waals surface area (Å²) >= 11 is 1.49. The molecule has 0 bridgehead atoms. The van der Waals surface area contributed by atoms with Gasteiger partial charge < -0.3 is 4.74 Å². The van der Waals surface area contributed by atoms with Crippen LogP contribution in [0.2, 0.25) is 0 Å². The summed E-state index contributed by atoms with van der Waals surface area (Å²) in [6, 6.07) is 21.4. The van der Waals surface area contributed by atoms with Crippen LogP contribution < -0.4 is 4.74 Å². The largest absolute Gasteiger partial charge is 0.437 e. The SMILES string of the molecule is FC(F)(F)c1cccc(Oc2nnc(-c3[c-]ccs3)c3cc4ccccc4cc23)c1.[Ir]. The summed E-state index contributed by atoms with van der Waals surface area (Å²) in [7, 11) is 0. The Morgan fingerprint density at radius 2 is 1.61 bits per heavy atom. The molecule has 3 aromatic carbocycles. The van der Waals surface area contributed by atoms with Crippen LogP contribution >= 0.6 is 11.3 Å². The summed E-state index contributed by atoms with van der Waals surface area (Å²) in [6.45, 7) is 0. The second-order valence-corrected chi connectivity index (χ2v) is 7.54. The Labute approximate surface area is 192 Å². The molecule has 0 N–H and O–H groups in total. The van der Waals surface area contributed by atoms with E-state index in [0.29, 0.717) is 11.1 Å². The quantitative estimate of drug-likeness (QED) is 0.161. The number of alkyl halides is 3. The molecule has 0 aliphatic heterocycles. The van der Waals surface area contributed by atoms with Crippen molar-refractivity contribution in [1.82, 2.24) is 10.2 Å². The van der Waals surface area contributed by atoms with Gasteiger partial charge >= 0.3 is 6.18 Å². The first kappa shape index (κ1) is 21.4. The first-order valence-corrected chi connectivity index (χ1v) is 9.87. The van der Waals surface area contributed by atoms with Gasteiger partial charge in [0.15, 0.2) is 0 Å². The van der Waals surface area contributed by atoms with Crippen LogP contribution in [0.4, 0.5) is 13.2 Å². The van der Waals surface area contributed by atoms with Crippen molar-refractivity contribution in [3.05, 3.63) is 83.7 Å². The number of rotatable bonds is 3.